The first kappa shape index (κ1) is 21.7. The molecule has 0 amide bonds. The van der Waals surface area contributed by atoms with Gasteiger partial charge in [0.25, 0.3) is 0 Å². The summed E-state index contributed by atoms with van der Waals surface area (Å²) in [5.74, 6) is 1.63. The highest BCUT2D eigenvalue weighted by atomic mass is 32.2. The normalized spacial score (nSPS) is 11.6. The molecule has 1 N–H and O–H groups in total. The molecule has 10 heteroatoms. The van der Waals surface area contributed by atoms with E-state index in [0.717, 1.165) is 22.4 Å². The van der Waals surface area contributed by atoms with E-state index in [4.69, 9.17) is 9.47 Å². The van der Waals surface area contributed by atoms with Crippen LogP contribution in [0.1, 0.15) is 11.1 Å². The molecule has 0 aliphatic rings. The summed E-state index contributed by atoms with van der Waals surface area (Å²) in [6.07, 6.45) is 0. The van der Waals surface area contributed by atoms with Crippen LogP contribution in [0.3, 0.4) is 0 Å². The SMILES string of the molecule is COc1ccc(-c2nnc3ccc(OCCNS(=O)(=O)c4cc(C)cc(C)c4)nn23)cc1. The van der Waals surface area contributed by atoms with E-state index < -0.39 is 10.0 Å². The molecule has 0 fully saturated rings. The standard InChI is InChI=1S/C22H23N5O4S/c1-15-12-16(2)14-19(13-15)32(28,29)23-10-11-31-21-9-8-20-24-25-22(27(20)26-21)17-4-6-18(30-3)7-5-17/h4-9,12-14,23H,10-11H2,1-3H3. The third-order valence-corrected chi connectivity index (χ3v) is 6.18. The minimum Gasteiger partial charge on any atom is -0.497 e. The van der Waals surface area contributed by atoms with Gasteiger partial charge in [0.2, 0.25) is 15.9 Å². The largest absolute Gasteiger partial charge is 0.497 e. The lowest BCUT2D eigenvalue weighted by Gasteiger charge is -2.10. The zero-order valence-corrected chi connectivity index (χ0v) is 18.8. The molecule has 2 aromatic heterocycles. The molecule has 0 spiro atoms. The molecule has 0 atom stereocenters. The molecule has 9 nitrogen and oxygen atoms in total. The summed E-state index contributed by atoms with van der Waals surface area (Å²) in [4.78, 5) is 0.239. The molecule has 4 rings (SSSR count). The van der Waals surface area contributed by atoms with Crippen LogP contribution in [-0.2, 0) is 10.0 Å². The van der Waals surface area contributed by atoms with Crippen LogP contribution in [0, 0.1) is 13.8 Å². The van der Waals surface area contributed by atoms with Crippen molar-refractivity contribution in [2.75, 3.05) is 20.3 Å². The number of benzene rings is 2. The predicted octanol–water partition coefficient (Wildman–Crippen LogP) is 2.77. The van der Waals surface area contributed by atoms with Gasteiger partial charge in [0.1, 0.15) is 12.4 Å². The Morgan fingerprint density at radius 2 is 1.69 bits per heavy atom. The van der Waals surface area contributed by atoms with Crippen molar-refractivity contribution < 1.29 is 17.9 Å². The number of aryl methyl sites for hydroxylation is 2. The first-order valence-electron chi connectivity index (χ1n) is 9.93. The summed E-state index contributed by atoms with van der Waals surface area (Å²) in [7, 11) is -2.01. The molecule has 0 radical (unpaired) electrons. The van der Waals surface area contributed by atoms with E-state index in [0.29, 0.717) is 17.4 Å². The lowest BCUT2D eigenvalue weighted by atomic mass is 10.2. The summed E-state index contributed by atoms with van der Waals surface area (Å²) >= 11 is 0. The predicted molar refractivity (Wildman–Crippen MR) is 119 cm³/mol. The maximum atomic E-state index is 12.5. The van der Waals surface area contributed by atoms with Gasteiger partial charge in [0, 0.05) is 18.2 Å². The molecule has 4 aromatic rings. The van der Waals surface area contributed by atoms with Gasteiger partial charge in [-0.1, -0.05) is 6.07 Å². The molecule has 32 heavy (non-hydrogen) atoms. The van der Waals surface area contributed by atoms with E-state index >= 15 is 0 Å². The van der Waals surface area contributed by atoms with Gasteiger partial charge in [-0.3, -0.25) is 0 Å². The van der Waals surface area contributed by atoms with Gasteiger partial charge in [-0.15, -0.1) is 15.3 Å². The highest BCUT2D eigenvalue weighted by Crippen LogP contribution is 2.22. The lowest BCUT2D eigenvalue weighted by molar-refractivity contribution is 0.306. The summed E-state index contributed by atoms with van der Waals surface area (Å²) < 4.78 is 40.0. The monoisotopic (exact) mass is 453 g/mol. The van der Waals surface area contributed by atoms with Gasteiger partial charge < -0.3 is 9.47 Å². The fraction of sp³-hybridized carbons (Fsp3) is 0.227. The average molecular weight is 454 g/mol. The Balaban J connectivity index is 1.43. The second kappa shape index (κ2) is 8.93. The Bertz CT molecular complexity index is 1330. The van der Waals surface area contributed by atoms with Crippen LogP contribution in [0.15, 0.2) is 59.5 Å². The van der Waals surface area contributed by atoms with Crippen molar-refractivity contribution in [2.24, 2.45) is 0 Å². The second-order valence-electron chi connectivity index (χ2n) is 7.26. The van der Waals surface area contributed by atoms with Crippen molar-refractivity contribution in [3.8, 4) is 23.0 Å². The Hall–Kier alpha value is -3.50. The number of hydrogen-bond acceptors (Lipinski definition) is 7. The number of nitrogens with zero attached hydrogens (tertiary/aromatic N) is 4. The molecule has 0 saturated heterocycles. The Labute approximate surface area is 186 Å². The average Bonchev–Trinajstić information content (AvgIpc) is 3.19. The summed E-state index contributed by atoms with van der Waals surface area (Å²) in [6, 6.07) is 16.0. The molecule has 0 aliphatic carbocycles. The topological polar surface area (TPSA) is 108 Å². The number of aromatic nitrogens is 4. The van der Waals surface area contributed by atoms with Gasteiger partial charge in [-0.2, -0.15) is 4.52 Å². The highest BCUT2D eigenvalue weighted by Gasteiger charge is 2.15. The lowest BCUT2D eigenvalue weighted by Crippen LogP contribution is -2.28. The number of hydrogen-bond donors (Lipinski definition) is 1. The molecule has 0 saturated carbocycles. The van der Waals surface area contributed by atoms with Crippen LogP contribution < -0.4 is 14.2 Å². The number of rotatable bonds is 8. The molecule has 0 unspecified atom stereocenters. The third kappa shape index (κ3) is 4.71. The number of methoxy groups -OCH3 is 1. The van der Waals surface area contributed by atoms with Crippen molar-refractivity contribution in [2.45, 2.75) is 18.7 Å². The summed E-state index contributed by atoms with van der Waals surface area (Å²) in [6.45, 7) is 3.94. The van der Waals surface area contributed by atoms with Gasteiger partial charge in [0.05, 0.1) is 12.0 Å². The molecular formula is C22H23N5O4S. The first-order chi connectivity index (χ1) is 15.4. The fourth-order valence-corrected chi connectivity index (χ4v) is 4.47. The molecule has 166 valence electrons. The minimum absolute atomic E-state index is 0.0998. The molecule has 0 aliphatic heterocycles. The third-order valence-electron chi connectivity index (χ3n) is 4.74. The van der Waals surface area contributed by atoms with Crippen LogP contribution in [-0.4, -0.2) is 48.5 Å². The second-order valence-corrected chi connectivity index (χ2v) is 9.03. The molecular weight excluding hydrogens is 430 g/mol. The smallest absolute Gasteiger partial charge is 0.240 e. The van der Waals surface area contributed by atoms with Gasteiger partial charge in [-0.25, -0.2) is 13.1 Å². The van der Waals surface area contributed by atoms with E-state index in [9.17, 15) is 8.42 Å². The van der Waals surface area contributed by atoms with Crippen LogP contribution in [0.4, 0.5) is 0 Å². The van der Waals surface area contributed by atoms with E-state index in [1.54, 1.807) is 35.9 Å². The van der Waals surface area contributed by atoms with Crippen LogP contribution in [0.2, 0.25) is 0 Å². The van der Waals surface area contributed by atoms with Crippen molar-refractivity contribution >= 4 is 15.7 Å². The Morgan fingerprint density at radius 3 is 2.38 bits per heavy atom. The quantitative estimate of drug-likeness (QED) is 0.409. The Kier molecular flexibility index (Phi) is 6.06. The van der Waals surface area contributed by atoms with Crippen molar-refractivity contribution in [3.05, 3.63) is 65.7 Å². The highest BCUT2D eigenvalue weighted by molar-refractivity contribution is 7.89. The van der Waals surface area contributed by atoms with E-state index in [2.05, 4.69) is 20.0 Å². The first-order valence-corrected chi connectivity index (χ1v) is 11.4. The van der Waals surface area contributed by atoms with Crippen molar-refractivity contribution in [1.29, 1.82) is 0 Å². The van der Waals surface area contributed by atoms with Crippen molar-refractivity contribution in [3.63, 3.8) is 0 Å². The Morgan fingerprint density at radius 1 is 0.969 bits per heavy atom. The minimum atomic E-state index is -3.62. The molecule has 2 heterocycles. The van der Waals surface area contributed by atoms with Crippen molar-refractivity contribution in [1.82, 2.24) is 24.5 Å². The maximum absolute atomic E-state index is 12.5. The van der Waals surface area contributed by atoms with Gasteiger partial charge in [-0.05, 0) is 67.4 Å². The van der Waals surface area contributed by atoms with E-state index in [1.807, 2.05) is 44.2 Å². The number of nitrogens with one attached hydrogen (secondary N) is 1. The molecule has 0 bridgehead atoms. The van der Waals surface area contributed by atoms with E-state index in [1.165, 1.54) is 0 Å². The summed E-state index contributed by atoms with van der Waals surface area (Å²) in [5, 5.41) is 12.8. The summed E-state index contributed by atoms with van der Waals surface area (Å²) in [5.41, 5.74) is 3.17. The fourth-order valence-electron chi connectivity index (χ4n) is 3.27. The van der Waals surface area contributed by atoms with Gasteiger partial charge in [0.15, 0.2) is 11.5 Å². The number of ether oxygens (including phenoxy) is 2. The van der Waals surface area contributed by atoms with Crippen LogP contribution >= 0.6 is 0 Å². The van der Waals surface area contributed by atoms with Gasteiger partial charge >= 0.3 is 0 Å². The number of sulfonamides is 1. The van der Waals surface area contributed by atoms with E-state index in [-0.39, 0.29) is 18.0 Å². The number of fused-ring (bicyclic) bond motifs is 1. The van der Waals surface area contributed by atoms with Crippen LogP contribution in [0.25, 0.3) is 17.0 Å². The molecule has 2 aromatic carbocycles. The maximum Gasteiger partial charge on any atom is 0.240 e. The zero-order valence-electron chi connectivity index (χ0n) is 17.9. The van der Waals surface area contributed by atoms with Crippen LogP contribution in [0.5, 0.6) is 11.6 Å². The zero-order chi connectivity index (χ0) is 22.7.